The molecule has 0 bridgehead atoms. The van der Waals surface area contributed by atoms with Gasteiger partial charge in [0.2, 0.25) is 17.8 Å². The molecular formula is C49H63ClN11O5P. The predicted octanol–water partition coefficient (Wildman–Crippen LogP) is 5.08. The van der Waals surface area contributed by atoms with Crippen molar-refractivity contribution in [3.05, 3.63) is 88.6 Å². The predicted molar refractivity (Wildman–Crippen MR) is 264 cm³/mol. The molecule has 3 N–H and O–H groups in total. The Morgan fingerprint density at radius 3 is 2.21 bits per heavy atom. The van der Waals surface area contributed by atoms with E-state index in [1.54, 1.807) is 31.5 Å². The van der Waals surface area contributed by atoms with E-state index in [0.717, 1.165) is 127 Å². The topological polar surface area (TPSA) is 159 Å². The highest BCUT2D eigenvalue weighted by atomic mass is 35.5. The summed E-state index contributed by atoms with van der Waals surface area (Å²) < 4.78 is 18.8. The summed E-state index contributed by atoms with van der Waals surface area (Å²) in [4.78, 5) is 61.2. The molecule has 3 amide bonds. The number of ether oxygens (including phenoxy) is 1. The van der Waals surface area contributed by atoms with E-state index in [1.165, 1.54) is 5.56 Å². The van der Waals surface area contributed by atoms with Crippen LogP contribution in [0.1, 0.15) is 47.2 Å². The highest BCUT2D eigenvalue weighted by Crippen LogP contribution is 2.39. The number of nitrogens with one attached hydrogen (secondary N) is 3. The van der Waals surface area contributed by atoms with Crippen LogP contribution in [0.15, 0.2) is 66.9 Å². The van der Waals surface area contributed by atoms with Crippen molar-refractivity contribution < 1.29 is 23.7 Å². The van der Waals surface area contributed by atoms with Gasteiger partial charge in [0.1, 0.15) is 24.0 Å². The van der Waals surface area contributed by atoms with Crippen molar-refractivity contribution in [3.8, 4) is 5.75 Å². The highest BCUT2D eigenvalue weighted by Gasteiger charge is 2.40. The van der Waals surface area contributed by atoms with Gasteiger partial charge < -0.3 is 34.6 Å². The molecule has 6 heterocycles. The van der Waals surface area contributed by atoms with Gasteiger partial charge in [-0.25, -0.2) is 4.98 Å². The fourth-order valence-corrected chi connectivity index (χ4v) is 11.6. The lowest BCUT2D eigenvalue weighted by molar-refractivity contribution is -0.136. The number of carbonyl (C=O) groups is 3. The number of hydrogen-bond donors (Lipinski definition) is 3. The third-order valence-electron chi connectivity index (χ3n) is 14.2. The third kappa shape index (κ3) is 11.0. The number of imide groups is 1. The van der Waals surface area contributed by atoms with Gasteiger partial charge in [0, 0.05) is 127 Å². The quantitative estimate of drug-likeness (QED) is 0.107. The first-order chi connectivity index (χ1) is 32.4. The molecule has 1 atom stereocenters. The summed E-state index contributed by atoms with van der Waals surface area (Å²) in [6, 6.07) is 19.6. The molecule has 18 heteroatoms. The number of rotatable bonds is 15. The van der Waals surface area contributed by atoms with Crippen molar-refractivity contribution >= 4 is 70.6 Å². The third-order valence-corrected chi connectivity index (χ3v) is 16.1. The highest BCUT2D eigenvalue weighted by molar-refractivity contribution is 7.70. The molecule has 0 saturated carbocycles. The second kappa shape index (κ2) is 20.6. The van der Waals surface area contributed by atoms with Crippen molar-refractivity contribution in [1.29, 1.82) is 0 Å². The van der Waals surface area contributed by atoms with Crippen LogP contribution in [0.3, 0.4) is 0 Å². The zero-order valence-corrected chi connectivity index (χ0v) is 40.5. The number of nitrogens with zero attached hydrogens (tertiary/aromatic N) is 8. The summed E-state index contributed by atoms with van der Waals surface area (Å²) >= 11 is 6.50. The Morgan fingerprint density at radius 2 is 1.51 bits per heavy atom. The zero-order valence-electron chi connectivity index (χ0n) is 38.9. The van der Waals surface area contributed by atoms with Crippen LogP contribution in [0.25, 0.3) is 0 Å². The van der Waals surface area contributed by atoms with Crippen molar-refractivity contribution in [2.24, 2.45) is 0 Å². The smallest absolute Gasteiger partial charge is 0.255 e. The van der Waals surface area contributed by atoms with Crippen LogP contribution in [0, 0.1) is 0 Å². The second-order valence-corrected chi connectivity index (χ2v) is 22.4. The largest absolute Gasteiger partial charge is 0.494 e. The van der Waals surface area contributed by atoms with E-state index in [-0.39, 0.29) is 24.1 Å². The maximum atomic E-state index is 13.3. The molecule has 0 radical (unpaired) electrons. The van der Waals surface area contributed by atoms with Crippen molar-refractivity contribution in [2.75, 3.05) is 121 Å². The lowest BCUT2D eigenvalue weighted by Gasteiger charge is -2.44. The summed E-state index contributed by atoms with van der Waals surface area (Å²) in [7, 11) is -0.873. The number of anilines is 5. The average molecular weight is 953 g/mol. The van der Waals surface area contributed by atoms with Gasteiger partial charge in [0.05, 0.1) is 24.7 Å². The van der Waals surface area contributed by atoms with Crippen LogP contribution in [-0.2, 0) is 27.1 Å². The van der Waals surface area contributed by atoms with E-state index in [1.807, 2.05) is 42.5 Å². The molecule has 0 aliphatic carbocycles. The number of amides is 3. The molecule has 0 spiro atoms. The zero-order chi connectivity index (χ0) is 46.7. The number of piperidine rings is 2. The molecule has 1 unspecified atom stereocenters. The molecule has 3 aromatic carbocycles. The van der Waals surface area contributed by atoms with Crippen LogP contribution in [0.2, 0.25) is 5.02 Å². The van der Waals surface area contributed by atoms with Crippen LogP contribution in [0.4, 0.5) is 28.8 Å². The molecule has 4 saturated heterocycles. The van der Waals surface area contributed by atoms with E-state index in [9.17, 15) is 18.9 Å². The number of para-hydroxylation sites is 1. The molecule has 4 aromatic rings. The first-order valence-corrected chi connectivity index (χ1v) is 26.7. The minimum absolute atomic E-state index is 0.110. The number of carbonyl (C=O) groups excluding carboxylic acids is 3. The summed E-state index contributed by atoms with van der Waals surface area (Å²) in [5, 5.41) is 10.0. The average Bonchev–Trinajstić information content (AvgIpc) is 3.67. The first-order valence-electron chi connectivity index (χ1n) is 23.7. The van der Waals surface area contributed by atoms with Crippen LogP contribution in [0.5, 0.6) is 5.75 Å². The Morgan fingerprint density at radius 1 is 0.806 bits per heavy atom. The number of methoxy groups -OCH3 is 1. The fourth-order valence-electron chi connectivity index (χ4n) is 10.3. The fraction of sp³-hybridized carbons (Fsp3) is 0.490. The van der Waals surface area contributed by atoms with Crippen LogP contribution < -0.4 is 30.9 Å². The Labute approximate surface area is 398 Å². The van der Waals surface area contributed by atoms with Gasteiger partial charge in [-0.3, -0.25) is 34.4 Å². The number of halogens is 1. The molecule has 67 heavy (non-hydrogen) atoms. The van der Waals surface area contributed by atoms with Gasteiger partial charge in [-0.1, -0.05) is 35.9 Å². The lowest BCUT2D eigenvalue weighted by Crippen LogP contribution is -2.54. The first kappa shape index (κ1) is 47.0. The Hall–Kier alpha value is -5.09. The Kier molecular flexibility index (Phi) is 14.5. The second-order valence-electron chi connectivity index (χ2n) is 18.8. The molecule has 1 aromatic heterocycles. The summed E-state index contributed by atoms with van der Waals surface area (Å²) in [5.41, 5.74) is 5.46. The van der Waals surface area contributed by atoms with E-state index < -0.39 is 13.2 Å². The number of fused-ring (bicyclic) bond motifs is 1. The Balaban J connectivity index is 0.685. The molecule has 16 nitrogen and oxygen atoms in total. The molecular weight excluding hydrogens is 889 g/mol. The molecule has 4 fully saturated rings. The van der Waals surface area contributed by atoms with E-state index >= 15 is 0 Å². The number of benzene rings is 3. The van der Waals surface area contributed by atoms with Gasteiger partial charge in [-0.15, -0.1) is 0 Å². The van der Waals surface area contributed by atoms with E-state index in [0.29, 0.717) is 52.8 Å². The monoisotopic (exact) mass is 951 g/mol. The Bertz CT molecular complexity index is 2500. The van der Waals surface area contributed by atoms with Crippen molar-refractivity contribution in [2.45, 2.75) is 50.7 Å². The minimum Gasteiger partial charge on any atom is -0.494 e. The van der Waals surface area contributed by atoms with Gasteiger partial charge in [0.15, 0.2) is 5.82 Å². The SMILES string of the molecule is COc1cc(N2CCC(N3CCN(CCN4CCN(CCc5cccc6c5CN(C5CCC(=O)NC5=O)C6=O)CC4)CC3)CC2)ccc1Nc1ncc(Cl)c(Nc2ccccc2P(C)(C)=O)n1. The van der Waals surface area contributed by atoms with E-state index in [4.69, 9.17) is 16.3 Å². The number of aromatic nitrogens is 2. The maximum absolute atomic E-state index is 13.3. The number of hydrogen-bond acceptors (Lipinski definition) is 14. The summed E-state index contributed by atoms with van der Waals surface area (Å²) in [6.45, 7) is 17.7. The number of piperazine rings is 2. The lowest BCUT2D eigenvalue weighted by atomic mass is 10.0. The minimum atomic E-state index is -2.54. The van der Waals surface area contributed by atoms with Crippen molar-refractivity contribution in [1.82, 2.24) is 39.8 Å². The standard InChI is InChI=1S/C49H63ClN11O5P/c1-66-43-31-36(11-12-40(43)53-49-51-32-39(50)46(55-49)52-41-9-4-5-10-44(41)67(2,3)65)59-19-16-35(17-20-59)60-29-27-58(28-30-60)26-25-57-23-21-56(22-24-57)18-15-34-7-6-8-37-38(34)33-61(48(37)64)42-13-14-45(62)54-47(42)63/h4-12,31-32,35,42H,13-30,33H2,1-3H3,(H,54,62,63)(H2,51,52,53,55). The molecule has 9 rings (SSSR count). The van der Waals surface area contributed by atoms with Gasteiger partial charge >= 0.3 is 0 Å². The molecule has 356 valence electrons. The molecule has 5 aliphatic rings. The van der Waals surface area contributed by atoms with Gasteiger partial charge in [0.25, 0.3) is 5.91 Å². The molecule has 5 aliphatic heterocycles. The van der Waals surface area contributed by atoms with Crippen molar-refractivity contribution in [3.63, 3.8) is 0 Å². The van der Waals surface area contributed by atoms with Gasteiger partial charge in [-0.05, 0) is 80.5 Å². The maximum Gasteiger partial charge on any atom is 0.255 e. The van der Waals surface area contributed by atoms with E-state index in [2.05, 4.69) is 68.6 Å². The normalized spacial score (nSPS) is 20.5. The van der Waals surface area contributed by atoms with Crippen LogP contribution >= 0.6 is 18.7 Å². The summed E-state index contributed by atoms with van der Waals surface area (Å²) in [5.74, 6) is 0.722. The van der Waals surface area contributed by atoms with Crippen LogP contribution in [-0.4, -0.2) is 170 Å². The van der Waals surface area contributed by atoms with Gasteiger partial charge in [-0.2, -0.15) is 4.98 Å². The summed E-state index contributed by atoms with van der Waals surface area (Å²) in [6.07, 6.45) is 5.31.